The Morgan fingerprint density at radius 3 is 2.77 bits per heavy atom. The van der Waals surface area contributed by atoms with E-state index in [1.54, 1.807) is 0 Å². The van der Waals surface area contributed by atoms with E-state index in [2.05, 4.69) is 0 Å². The number of ether oxygens (including phenoxy) is 2. The summed E-state index contributed by atoms with van der Waals surface area (Å²) in [6.07, 6.45) is 0.730. The summed E-state index contributed by atoms with van der Waals surface area (Å²) in [5.74, 6) is -1.99. The molecule has 4 rings (SSSR count). The Morgan fingerprint density at radius 2 is 2.04 bits per heavy atom. The highest BCUT2D eigenvalue weighted by Crippen LogP contribution is 2.27. The standard InChI is InChI=1S/C18H16N2O6/c21-15-12(18(23)24)8-19-9-13-20(6-7-25-13)17(22)14(19)16(15)26-10-11-4-2-1-3-5-11/h1-5,8,13H,6-7,9-10H2,(H,23,24). The fourth-order valence-corrected chi connectivity index (χ4v) is 3.23. The maximum atomic E-state index is 12.8. The van der Waals surface area contributed by atoms with Gasteiger partial charge in [-0.2, -0.15) is 0 Å². The predicted octanol–water partition coefficient (Wildman–Crippen LogP) is 0.938. The van der Waals surface area contributed by atoms with Crippen LogP contribution in [0.25, 0.3) is 0 Å². The quantitative estimate of drug-likeness (QED) is 0.875. The maximum Gasteiger partial charge on any atom is 0.341 e. The highest BCUT2D eigenvalue weighted by atomic mass is 16.5. The summed E-state index contributed by atoms with van der Waals surface area (Å²) in [7, 11) is 0. The monoisotopic (exact) mass is 356 g/mol. The first-order valence-corrected chi connectivity index (χ1v) is 8.16. The molecule has 2 aromatic rings. The van der Waals surface area contributed by atoms with E-state index in [1.165, 1.54) is 15.7 Å². The van der Waals surface area contributed by atoms with Gasteiger partial charge in [0.15, 0.2) is 17.7 Å². The SMILES string of the molecule is O=C(O)c1cn2c(c(OCc3ccccc3)c1=O)C(=O)N1CCOC1C2. The maximum absolute atomic E-state index is 12.8. The highest BCUT2D eigenvalue weighted by Gasteiger charge is 2.39. The molecule has 1 amide bonds. The molecule has 8 nitrogen and oxygen atoms in total. The van der Waals surface area contributed by atoms with Crippen LogP contribution in [0.4, 0.5) is 0 Å². The number of benzene rings is 1. The normalized spacial score (nSPS) is 18.4. The number of amides is 1. The molecule has 1 fully saturated rings. The molecule has 1 N–H and O–H groups in total. The summed E-state index contributed by atoms with van der Waals surface area (Å²) in [6.45, 7) is 1.14. The number of carbonyl (C=O) groups is 2. The number of aromatic nitrogens is 1. The van der Waals surface area contributed by atoms with Gasteiger partial charge >= 0.3 is 5.97 Å². The lowest BCUT2D eigenvalue weighted by Gasteiger charge is -2.32. The Morgan fingerprint density at radius 1 is 1.27 bits per heavy atom. The molecule has 3 heterocycles. The summed E-state index contributed by atoms with van der Waals surface area (Å²) in [6, 6.07) is 9.13. The molecule has 2 aliphatic rings. The molecule has 0 bridgehead atoms. The molecule has 1 atom stereocenters. The fraction of sp³-hybridized carbons (Fsp3) is 0.278. The second-order valence-corrected chi connectivity index (χ2v) is 6.11. The minimum Gasteiger partial charge on any atom is -0.483 e. The van der Waals surface area contributed by atoms with Crippen LogP contribution in [-0.4, -0.2) is 45.8 Å². The molecule has 0 saturated carbocycles. The van der Waals surface area contributed by atoms with Gasteiger partial charge in [0.05, 0.1) is 13.2 Å². The summed E-state index contributed by atoms with van der Waals surface area (Å²) < 4.78 is 12.6. The van der Waals surface area contributed by atoms with Crippen LogP contribution < -0.4 is 10.2 Å². The molecular formula is C18H16N2O6. The number of fused-ring (bicyclic) bond motifs is 2. The molecule has 8 heteroatoms. The van der Waals surface area contributed by atoms with Gasteiger partial charge in [0.1, 0.15) is 12.2 Å². The molecule has 1 unspecified atom stereocenters. The Bertz CT molecular complexity index is 937. The summed E-state index contributed by atoms with van der Waals surface area (Å²) in [5, 5.41) is 9.33. The van der Waals surface area contributed by atoms with Crippen molar-refractivity contribution in [3.05, 3.63) is 63.6 Å². The van der Waals surface area contributed by atoms with Gasteiger partial charge in [-0.1, -0.05) is 30.3 Å². The lowest BCUT2D eigenvalue weighted by molar-refractivity contribution is 0.00815. The van der Waals surface area contributed by atoms with Gasteiger partial charge in [-0.3, -0.25) is 9.59 Å². The first kappa shape index (κ1) is 16.3. The van der Waals surface area contributed by atoms with E-state index in [9.17, 15) is 19.5 Å². The molecule has 0 aliphatic carbocycles. The van der Waals surface area contributed by atoms with Gasteiger partial charge in [0.2, 0.25) is 5.43 Å². The molecule has 134 valence electrons. The van der Waals surface area contributed by atoms with Gasteiger partial charge in [-0.25, -0.2) is 4.79 Å². The third-order valence-corrected chi connectivity index (χ3v) is 4.50. The minimum absolute atomic E-state index is 0.0549. The van der Waals surface area contributed by atoms with Crippen molar-refractivity contribution in [3.63, 3.8) is 0 Å². The Labute approximate surface area is 148 Å². The van der Waals surface area contributed by atoms with Crippen LogP contribution in [0.3, 0.4) is 0 Å². The minimum atomic E-state index is -1.36. The van der Waals surface area contributed by atoms with Crippen molar-refractivity contribution in [2.75, 3.05) is 13.2 Å². The van der Waals surface area contributed by atoms with E-state index in [-0.39, 0.29) is 24.6 Å². The number of nitrogens with zero attached hydrogens (tertiary/aromatic N) is 2. The number of rotatable bonds is 4. The zero-order valence-corrected chi connectivity index (χ0v) is 13.8. The van der Waals surface area contributed by atoms with Gasteiger partial charge in [-0.15, -0.1) is 0 Å². The van der Waals surface area contributed by atoms with Crippen molar-refractivity contribution in [1.29, 1.82) is 0 Å². The first-order chi connectivity index (χ1) is 12.6. The van der Waals surface area contributed by atoms with Gasteiger partial charge in [0.25, 0.3) is 5.91 Å². The van der Waals surface area contributed by atoms with E-state index in [4.69, 9.17) is 9.47 Å². The molecule has 1 aromatic carbocycles. The number of carboxylic acid groups (broad SMARTS) is 1. The van der Waals surface area contributed by atoms with Crippen molar-refractivity contribution < 1.29 is 24.2 Å². The van der Waals surface area contributed by atoms with Crippen molar-refractivity contribution in [1.82, 2.24) is 9.47 Å². The van der Waals surface area contributed by atoms with E-state index >= 15 is 0 Å². The molecule has 2 aliphatic heterocycles. The summed E-state index contributed by atoms with van der Waals surface area (Å²) >= 11 is 0. The number of pyridine rings is 1. The van der Waals surface area contributed by atoms with Crippen molar-refractivity contribution in [2.45, 2.75) is 19.4 Å². The third-order valence-electron chi connectivity index (χ3n) is 4.50. The second-order valence-electron chi connectivity index (χ2n) is 6.11. The van der Waals surface area contributed by atoms with Crippen molar-refractivity contribution in [2.24, 2.45) is 0 Å². The Balaban J connectivity index is 1.80. The second kappa shape index (κ2) is 6.30. The van der Waals surface area contributed by atoms with Crippen LogP contribution in [-0.2, 0) is 17.9 Å². The van der Waals surface area contributed by atoms with Gasteiger partial charge in [-0.05, 0) is 5.56 Å². The average Bonchev–Trinajstić information content (AvgIpc) is 3.10. The molecule has 1 aromatic heterocycles. The fourth-order valence-electron chi connectivity index (χ4n) is 3.23. The Kier molecular flexibility index (Phi) is 3.96. The number of hydrogen-bond donors (Lipinski definition) is 1. The number of carboxylic acids is 1. The van der Waals surface area contributed by atoms with Crippen LogP contribution in [0.2, 0.25) is 0 Å². The third kappa shape index (κ3) is 2.64. The van der Waals surface area contributed by atoms with E-state index < -0.39 is 29.1 Å². The molecule has 1 saturated heterocycles. The summed E-state index contributed by atoms with van der Waals surface area (Å²) in [4.78, 5) is 38.4. The highest BCUT2D eigenvalue weighted by molar-refractivity contribution is 5.97. The van der Waals surface area contributed by atoms with E-state index in [0.717, 1.165) is 5.56 Å². The lowest BCUT2D eigenvalue weighted by atomic mass is 10.1. The summed E-state index contributed by atoms with van der Waals surface area (Å²) in [5.41, 5.74) is -0.364. The number of aromatic carboxylic acids is 1. The lowest BCUT2D eigenvalue weighted by Crippen LogP contribution is -2.46. The van der Waals surface area contributed by atoms with Crippen molar-refractivity contribution in [3.8, 4) is 5.75 Å². The smallest absolute Gasteiger partial charge is 0.341 e. The average molecular weight is 356 g/mol. The molecule has 0 spiro atoms. The predicted molar refractivity (Wildman–Crippen MR) is 89.2 cm³/mol. The molecule has 0 radical (unpaired) electrons. The topological polar surface area (TPSA) is 98.1 Å². The van der Waals surface area contributed by atoms with Crippen LogP contribution in [0, 0.1) is 0 Å². The number of carbonyl (C=O) groups excluding carboxylic acids is 1. The van der Waals surface area contributed by atoms with Gasteiger partial charge < -0.3 is 24.0 Å². The van der Waals surface area contributed by atoms with Crippen molar-refractivity contribution >= 4 is 11.9 Å². The van der Waals surface area contributed by atoms with Gasteiger partial charge in [0, 0.05) is 12.7 Å². The molecular weight excluding hydrogens is 340 g/mol. The largest absolute Gasteiger partial charge is 0.483 e. The van der Waals surface area contributed by atoms with E-state index in [1.807, 2.05) is 30.3 Å². The zero-order chi connectivity index (χ0) is 18.3. The zero-order valence-electron chi connectivity index (χ0n) is 13.8. The van der Waals surface area contributed by atoms with Crippen LogP contribution >= 0.6 is 0 Å². The Hall–Kier alpha value is -3.13. The van der Waals surface area contributed by atoms with Crippen LogP contribution in [0.1, 0.15) is 26.4 Å². The number of hydrogen-bond acceptors (Lipinski definition) is 5. The van der Waals surface area contributed by atoms with Crippen LogP contribution in [0.15, 0.2) is 41.3 Å². The first-order valence-electron chi connectivity index (χ1n) is 8.16. The van der Waals surface area contributed by atoms with E-state index in [0.29, 0.717) is 13.2 Å². The molecule has 26 heavy (non-hydrogen) atoms. The van der Waals surface area contributed by atoms with Crippen LogP contribution in [0.5, 0.6) is 5.75 Å².